The lowest BCUT2D eigenvalue weighted by Crippen LogP contribution is -1.98. The summed E-state index contributed by atoms with van der Waals surface area (Å²) >= 11 is 1.75. The van der Waals surface area contributed by atoms with Gasteiger partial charge in [-0.2, -0.15) is 0 Å². The van der Waals surface area contributed by atoms with Crippen LogP contribution in [-0.2, 0) is 12.8 Å². The molecule has 0 fully saturated rings. The molecule has 4 nitrogen and oxygen atoms in total. The highest BCUT2D eigenvalue weighted by Crippen LogP contribution is 2.38. The molecule has 0 amide bonds. The van der Waals surface area contributed by atoms with E-state index in [9.17, 15) is 0 Å². The number of aromatic nitrogens is 1. The number of rotatable bonds is 6. The highest BCUT2D eigenvalue weighted by atomic mass is 32.1. The van der Waals surface area contributed by atoms with Gasteiger partial charge in [0.2, 0.25) is 5.75 Å². The van der Waals surface area contributed by atoms with Crippen LogP contribution in [0.15, 0.2) is 36.4 Å². The lowest BCUT2D eigenvalue weighted by atomic mass is 10.1. The molecular weight excluding hydrogens is 310 g/mol. The van der Waals surface area contributed by atoms with Crippen molar-refractivity contribution >= 4 is 21.6 Å². The molecule has 0 spiro atoms. The minimum atomic E-state index is 0.624. The van der Waals surface area contributed by atoms with Gasteiger partial charge in [0.05, 0.1) is 36.6 Å². The number of fused-ring (bicyclic) bond motifs is 1. The first-order valence-corrected chi connectivity index (χ1v) is 8.20. The summed E-state index contributed by atoms with van der Waals surface area (Å²) < 4.78 is 17.4. The van der Waals surface area contributed by atoms with Crippen molar-refractivity contribution in [2.24, 2.45) is 0 Å². The zero-order chi connectivity index (χ0) is 16.2. The number of ether oxygens (including phenoxy) is 3. The predicted molar refractivity (Wildman–Crippen MR) is 93.1 cm³/mol. The third-order valence-electron chi connectivity index (χ3n) is 3.69. The fourth-order valence-electron chi connectivity index (χ4n) is 2.56. The van der Waals surface area contributed by atoms with Crippen molar-refractivity contribution < 1.29 is 14.2 Å². The first-order valence-electron chi connectivity index (χ1n) is 7.38. The average molecular weight is 329 g/mol. The van der Waals surface area contributed by atoms with E-state index < -0.39 is 0 Å². The van der Waals surface area contributed by atoms with Crippen molar-refractivity contribution in [2.45, 2.75) is 12.8 Å². The number of thiazole rings is 1. The Kier molecular flexibility index (Phi) is 4.67. The van der Waals surface area contributed by atoms with Crippen molar-refractivity contribution in [2.75, 3.05) is 21.3 Å². The van der Waals surface area contributed by atoms with Crippen LogP contribution in [0.3, 0.4) is 0 Å². The summed E-state index contributed by atoms with van der Waals surface area (Å²) in [6.45, 7) is 0. The molecule has 2 aromatic carbocycles. The molecule has 0 aliphatic rings. The lowest BCUT2D eigenvalue weighted by Gasteiger charge is -2.13. The number of nitrogens with zero attached hydrogens (tertiary/aromatic N) is 1. The summed E-state index contributed by atoms with van der Waals surface area (Å²) in [4.78, 5) is 4.68. The summed E-state index contributed by atoms with van der Waals surface area (Å²) in [7, 11) is 4.88. The van der Waals surface area contributed by atoms with Crippen LogP contribution < -0.4 is 14.2 Å². The highest BCUT2D eigenvalue weighted by molar-refractivity contribution is 7.18. The second-order valence-corrected chi connectivity index (χ2v) is 6.22. The molecule has 0 unspecified atom stereocenters. The first kappa shape index (κ1) is 15.6. The Morgan fingerprint density at radius 3 is 2.22 bits per heavy atom. The molecule has 3 rings (SSSR count). The van der Waals surface area contributed by atoms with Crippen LogP contribution in [0.1, 0.15) is 10.6 Å². The van der Waals surface area contributed by atoms with Crippen molar-refractivity contribution in [3.63, 3.8) is 0 Å². The molecule has 0 radical (unpaired) electrons. The monoisotopic (exact) mass is 329 g/mol. The minimum Gasteiger partial charge on any atom is -0.493 e. The number of hydrogen-bond acceptors (Lipinski definition) is 5. The minimum absolute atomic E-state index is 0.624. The second-order valence-electron chi connectivity index (χ2n) is 5.11. The van der Waals surface area contributed by atoms with Crippen LogP contribution in [-0.4, -0.2) is 26.3 Å². The lowest BCUT2D eigenvalue weighted by molar-refractivity contribution is 0.324. The van der Waals surface area contributed by atoms with Gasteiger partial charge in [0.1, 0.15) is 0 Å². The van der Waals surface area contributed by atoms with Gasteiger partial charge < -0.3 is 14.2 Å². The average Bonchev–Trinajstić information content (AvgIpc) is 3.01. The maximum absolute atomic E-state index is 5.40. The van der Waals surface area contributed by atoms with E-state index in [-0.39, 0.29) is 0 Å². The van der Waals surface area contributed by atoms with Crippen LogP contribution in [0.4, 0.5) is 0 Å². The van der Waals surface area contributed by atoms with Gasteiger partial charge in [0.25, 0.3) is 0 Å². The molecular formula is C18H19NO3S. The van der Waals surface area contributed by atoms with E-state index in [0.29, 0.717) is 17.2 Å². The quantitative estimate of drug-likeness (QED) is 0.682. The van der Waals surface area contributed by atoms with Crippen LogP contribution in [0.25, 0.3) is 10.2 Å². The smallest absolute Gasteiger partial charge is 0.203 e. The summed E-state index contributed by atoms with van der Waals surface area (Å²) in [5, 5.41) is 1.14. The molecule has 0 N–H and O–H groups in total. The predicted octanol–water partition coefficient (Wildman–Crippen LogP) is 4.11. The van der Waals surface area contributed by atoms with E-state index in [1.807, 2.05) is 24.3 Å². The molecule has 0 saturated carbocycles. The standard InChI is InChI=1S/C18H19NO3S/c1-20-14-10-12(11-15(21-2)18(14)22-3)8-9-17-19-13-6-4-5-7-16(13)23-17/h4-7,10-11H,8-9H2,1-3H3. The van der Waals surface area contributed by atoms with Crippen molar-refractivity contribution in [3.05, 3.63) is 47.0 Å². The molecule has 1 aromatic heterocycles. The molecule has 120 valence electrons. The number of methoxy groups -OCH3 is 3. The van der Waals surface area contributed by atoms with Crippen LogP contribution in [0, 0.1) is 0 Å². The molecule has 0 aliphatic heterocycles. The van der Waals surface area contributed by atoms with E-state index in [4.69, 9.17) is 14.2 Å². The van der Waals surface area contributed by atoms with Crippen LogP contribution in [0.5, 0.6) is 17.2 Å². The number of aryl methyl sites for hydroxylation is 2. The van der Waals surface area contributed by atoms with E-state index >= 15 is 0 Å². The molecule has 0 saturated heterocycles. The van der Waals surface area contributed by atoms with Gasteiger partial charge >= 0.3 is 0 Å². The Morgan fingerprint density at radius 1 is 0.913 bits per heavy atom. The number of para-hydroxylation sites is 1. The molecule has 0 aliphatic carbocycles. The van der Waals surface area contributed by atoms with E-state index in [0.717, 1.165) is 28.9 Å². The van der Waals surface area contributed by atoms with Gasteiger partial charge in [-0.25, -0.2) is 4.98 Å². The van der Waals surface area contributed by atoms with E-state index in [1.54, 1.807) is 32.7 Å². The summed E-state index contributed by atoms with van der Waals surface area (Å²) in [5.74, 6) is 2.00. The van der Waals surface area contributed by atoms with Crippen molar-refractivity contribution in [1.29, 1.82) is 0 Å². The molecule has 0 atom stereocenters. The molecule has 0 bridgehead atoms. The topological polar surface area (TPSA) is 40.6 Å². The zero-order valence-electron chi connectivity index (χ0n) is 13.5. The Balaban J connectivity index is 1.82. The number of hydrogen-bond donors (Lipinski definition) is 0. The second kappa shape index (κ2) is 6.87. The first-order chi connectivity index (χ1) is 11.2. The maximum Gasteiger partial charge on any atom is 0.203 e. The Labute approximate surface area is 139 Å². The fraction of sp³-hybridized carbons (Fsp3) is 0.278. The zero-order valence-corrected chi connectivity index (χ0v) is 14.3. The Bertz CT molecular complexity index is 755. The normalized spacial score (nSPS) is 10.7. The van der Waals surface area contributed by atoms with Crippen LogP contribution in [0.2, 0.25) is 0 Å². The Morgan fingerprint density at radius 2 is 1.61 bits per heavy atom. The highest BCUT2D eigenvalue weighted by Gasteiger charge is 2.13. The van der Waals surface area contributed by atoms with Gasteiger partial charge in [-0.15, -0.1) is 11.3 Å². The van der Waals surface area contributed by atoms with Crippen LogP contribution >= 0.6 is 11.3 Å². The third kappa shape index (κ3) is 3.24. The van der Waals surface area contributed by atoms with E-state index in [2.05, 4.69) is 17.1 Å². The molecule has 3 aromatic rings. The van der Waals surface area contributed by atoms with Gasteiger partial charge in [-0.1, -0.05) is 12.1 Å². The van der Waals surface area contributed by atoms with Gasteiger partial charge in [-0.05, 0) is 36.2 Å². The molecule has 23 heavy (non-hydrogen) atoms. The Hall–Kier alpha value is -2.27. The SMILES string of the molecule is COc1cc(CCc2nc3ccccc3s2)cc(OC)c1OC. The largest absolute Gasteiger partial charge is 0.493 e. The summed E-state index contributed by atoms with van der Waals surface area (Å²) in [6.07, 6.45) is 1.76. The van der Waals surface area contributed by atoms with Gasteiger partial charge in [0, 0.05) is 6.42 Å². The summed E-state index contributed by atoms with van der Waals surface area (Å²) in [6, 6.07) is 12.2. The molecule has 1 heterocycles. The van der Waals surface area contributed by atoms with Crippen molar-refractivity contribution in [1.82, 2.24) is 4.98 Å². The fourth-order valence-corrected chi connectivity index (χ4v) is 3.52. The van der Waals surface area contributed by atoms with Crippen molar-refractivity contribution in [3.8, 4) is 17.2 Å². The summed E-state index contributed by atoms with van der Waals surface area (Å²) in [5.41, 5.74) is 2.20. The number of benzene rings is 2. The molecule has 5 heteroatoms. The van der Waals surface area contributed by atoms with Gasteiger partial charge in [-0.3, -0.25) is 0 Å². The maximum atomic E-state index is 5.40. The third-order valence-corrected chi connectivity index (χ3v) is 4.79. The van der Waals surface area contributed by atoms with E-state index in [1.165, 1.54) is 4.70 Å². The van der Waals surface area contributed by atoms with Gasteiger partial charge in [0.15, 0.2) is 11.5 Å².